The molecule has 2 amide bonds. The van der Waals surface area contributed by atoms with Crippen LogP contribution < -0.4 is 19.7 Å². The minimum Gasteiger partial charge on any atom is -0.497 e. The molecule has 1 aromatic heterocycles. The van der Waals surface area contributed by atoms with E-state index in [-0.39, 0.29) is 25.0 Å². The van der Waals surface area contributed by atoms with Gasteiger partial charge in [0.25, 0.3) is 0 Å². The maximum absolute atomic E-state index is 13.9. The van der Waals surface area contributed by atoms with Gasteiger partial charge < -0.3 is 19.7 Å². The fraction of sp³-hybridized carbons (Fsp3) is 0.333. The number of methoxy groups -OCH3 is 1. The van der Waals surface area contributed by atoms with Crippen molar-refractivity contribution in [2.75, 3.05) is 18.6 Å². The van der Waals surface area contributed by atoms with Gasteiger partial charge in [0, 0.05) is 16.9 Å². The molecule has 1 heterocycles. The molecule has 10 heteroatoms. The third-order valence-corrected chi connectivity index (χ3v) is 7.54. The number of hydrogen-bond donors (Lipinski definition) is 1. The lowest BCUT2D eigenvalue weighted by atomic mass is 10.1. The number of rotatable bonds is 12. The van der Waals surface area contributed by atoms with E-state index in [0.717, 1.165) is 17.9 Å². The van der Waals surface area contributed by atoms with Crippen LogP contribution in [0.4, 0.5) is 5.69 Å². The third kappa shape index (κ3) is 8.61. The Hall–Kier alpha value is -4.31. The Morgan fingerprint density at radius 1 is 0.953 bits per heavy atom. The van der Waals surface area contributed by atoms with E-state index in [1.165, 1.54) is 22.2 Å². The number of ether oxygens (including phenoxy) is 2. The number of hydrogen-bond acceptors (Lipinski definition) is 7. The maximum Gasteiger partial charge on any atom is 0.240 e. The van der Waals surface area contributed by atoms with Crippen molar-refractivity contribution in [3.63, 3.8) is 0 Å². The number of nitrogens with zero attached hydrogens (tertiary/aromatic N) is 4. The Bertz CT molecular complexity index is 1500. The number of para-hydroxylation sites is 1. The van der Waals surface area contributed by atoms with Crippen LogP contribution in [0.5, 0.6) is 11.5 Å². The van der Waals surface area contributed by atoms with Crippen LogP contribution in [0.3, 0.4) is 0 Å². The number of aromatic nitrogens is 3. The van der Waals surface area contributed by atoms with Crippen LogP contribution in [0, 0.1) is 0 Å². The van der Waals surface area contributed by atoms with E-state index >= 15 is 0 Å². The lowest BCUT2D eigenvalue weighted by molar-refractivity contribution is -0.124. The first kappa shape index (κ1) is 31.6. The summed E-state index contributed by atoms with van der Waals surface area (Å²) in [5.41, 5.74) is 2.24. The lowest BCUT2D eigenvalue weighted by Crippen LogP contribution is -2.48. The van der Waals surface area contributed by atoms with Crippen molar-refractivity contribution in [3.8, 4) is 17.2 Å². The summed E-state index contributed by atoms with van der Waals surface area (Å²) in [6.07, 6.45) is 0.956. The second-order valence-corrected chi connectivity index (χ2v) is 12.3. The van der Waals surface area contributed by atoms with Crippen molar-refractivity contribution in [1.29, 1.82) is 0 Å². The predicted molar refractivity (Wildman–Crippen MR) is 170 cm³/mol. The summed E-state index contributed by atoms with van der Waals surface area (Å²) in [7, 11) is 1.58. The van der Waals surface area contributed by atoms with Crippen LogP contribution in [-0.4, -0.2) is 51.0 Å². The topological polar surface area (TPSA) is 98.6 Å². The molecule has 0 aliphatic carbocycles. The molecule has 0 fully saturated rings. The molecule has 0 bridgehead atoms. The molecule has 0 radical (unpaired) electrons. The molecular weight excluding hydrogens is 562 g/mol. The molecule has 1 atom stereocenters. The first-order valence-corrected chi connectivity index (χ1v) is 15.1. The van der Waals surface area contributed by atoms with Crippen molar-refractivity contribution in [1.82, 2.24) is 20.1 Å². The van der Waals surface area contributed by atoms with E-state index < -0.39 is 10.8 Å². The molecule has 1 N–H and O–H groups in total. The molecule has 3 aromatic carbocycles. The second kappa shape index (κ2) is 14.2. The summed E-state index contributed by atoms with van der Waals surface area (Å²) in [4.78, 5) is 28.4. The van der Waals surface area contributed by atoms with Crippen molar-refractivity contribution < 1.29 is 19.1 Å². The monoisotopic (exact) mass is 601 g/mol. The van der Waals surface area contributed by atoms with Crippen molar-refractivity contribution in [2.24, 2.45) is 0 Å². The number of amides is 2. The number of thioether (sulfide) groups is 1. The molecule has 43 heavy (non-hydrogen) atoms. The SMILES string of the molecule is CCc1ccc(OCc2nnc(SC(C)C(=O)N(CC(=O)NC(C)(C)C)c3ccc(OC)cc3)n2-c2ccccc2)cc1. The van der Waals surface area contributed by atoms with Crippen LogP contribution >= 0.6 is 11.8 Å². The van der Waals surface area contributed by atoms with Gasteiger partial charge in [0.05, 0.1) is 12.4 Å². The number of carbonyl (C=O) groups is 2. The van der Waals surface area contributed by atoms with Crippen molar-refractivity contribution >= 4 is 29.3 Å². The zero-order chi connectivity index (χ0) is 31.0. The van der Waals surface area contributed by atoms with Gasteiger partial charge in [-0.2, -0.15) is 0 Å². The van der Waals surface area contributed by atoms with Crippen LogP contribution in [0.25, 0.3) is 5.69 Å². The second-order valence-electron chi connectivity index (χ2n) is 11.0. The van der Waals surface area contributed by atoms with Gasteiger partial charge in [-0.05, 0) is 88.2 Å². The highest BCUT2D eigenvalue weighted by Gasteiger charge is 2.28. The Morgan fingerprint density at radius 3 is 2.21 bits per heavy atom. The average Bonchev–Trinajstić information content (AvgIpc) is 3.40. The predicted octanol–water partition coefficient (Wildman–Crippen LogP) is 5.85. The normalized spacial score (nSPS) is 12.0. The molecule has 226 valence electrons. The molecule has 0 saturated heterocycles. The summed E-state index contributed by atoms with van der Waals surface area (Å²) in [5, 5.41) is 11.8. The van der Waals surface area contributed by atoms with Gasteiger partial charge in [-0.1, -0.05) is 49.0 Å². The van der Waals surface area contributed by atoms with Crippen LogP contribution in [-0.2, 0) is 22.6 Å². The Kier molecular flexibility index (Phi) is 10.5. The molecule has 4 aromatic rings. The Labute approximate surface area is 257 Å². The van der Waals surface area contributed by atoms with Crippen LogP contribution in [0.15, 0.2) is 84.0 Å². The summed E-state index contributed by atoms with van der Waals surface area (Å²) in [6.45, 7) is 9.69. The zero-order valence-electron chi connectivity index (χ0n) is 25.5. The molecule has 4 rings (SSSR count). The zero-order valence-corrected chi connectivity index (χ0v) is 26.4. The molecule has 0 spiro atoms. The summed E-state index contributed by atoms with van der Waals surface area (Å²) < 4.78 is 13.2. The van der Waals surface area contributed by atoms with Gasteiger partial charge in [-0.15, -0.1) is 10.2 Å². The summed E-state index contributed by atoms with van der Waals surface area (Å²) >= 11 is 1.28. The minimum atomic E-state index is -0.591. The smallest absolute Gasteiger partial charge is 0.240 e. The van der Waals surface area contributed by atoms with E-state index in [0.29, 0.717) is 22.4 Å². The Morgan fingerprint density at radius 2 is 1.60 bits per heavy atom. The molecule has 1 unspecified atom stereocenters. The Balaban J connectivity index is 1.59. The van der Waals surface area contributed by atoms with Gasteiger partial charge in [0.15, 0.2) is 11.0 Å². The van der Waals surface area contributed by atoms with E-state index in [2.05, 4.69) is 22.4 Å². The first-order valence-electron chi connectivity index (χ1n) is 14.2. The highest BCUT2D eigenvalue weighted by molar-refractivity contribution is 8.00. The van der Waals surface area contributed by atoms with Gasteiger partial charge in [-0.25, -0.2) is 0 Å². The summed E-state index contributed by atoms with van der Waals surface area (Å²) in [6, 6.07) is 24.8. The number of anilines is 1. The standard InChI is InChI=1S/C33H39N5O4S/c1-7-24-13-17-28(18-14-24)42-22-29-35-36-32(38(29)26-11-9-8-10-12-26)43-23(2)31(40)37(21-30(39)34-33(3,4)5)25-15-19-27(41-6)20-16-25/h8-20,23H,7,21-22H2,1-6H3,(H,34,39). The van der Waals surface area contributed by atoms with Gasteiger partial charge in [-0.3, -0.25) is 14.2 Å². The highest BCUT2D eigenvalue weighted by atomic mass is 32.2. The van der Waals surface area contributed by atoms with Gasteiger partial charge in [0.2, 0.25) is 11.8 Å². The maximum atomic E-state index is 13.9. The van der Waals surface area contributed by atoms with E-state index in [1.54, 1.807) is 38.3 Å². The van der Waals surface area contributed by atoms with E-state index in [9.17, 15) is 9.59 Å². The van der Waals surface area contributed by atoms with Crippen LogP contribution in [0.2, 0.25) is 0 Å². The molecular formula is C33H39N5O4S. The van der Waals surface area contributed by atoms with Crippen LogP contribution in [0.1, 0.15) is 46.0 Å². The number of carbonyl (C=O) groups excluding carboxylic acids is 2. The quantitative estimate of drug-likeness (QED) is 0.204. The first-order chi connectivity index (χ1) is 20.6. The van der Waals surface area contributed by atoms with E-state index in [4.69, 9.17) is 9.47 Å². The number of nitrogens with one attached hydrogen (secondary N) is 1. The number of benzene rings is 3. The molecule has 0 aliphatic heterocycles. The highest BCUT2D eigenvalue weighted by Crippen LogP contribution is 2.29. The average molecular weight is 602 g/mol. The largest absolute Gasteiger partial charge is 0.497 e. The van der Waals surface area contributed by atoms with E-state index in [1.807, 2.05) is 79.9 Å². The van der Waals surface area contributed by atoms with Gasteiger partial charge in [0.1, 0.15) is 24.7 Å². The fourth-order valence-electron chi connectivity index (χ4n) is 4.36. The molecule has 0 saturated carbocycles. The lowest BCUT2D eigenvalue weighted by Gasteiger charge is -2.28. The van der Waals surface area contributed by atoms with Crippen molar-refractivity contribution in [3.05, 3.63) is 90.3 Å². The van der Waals surface area contributed by atoms with Gasteiger partial charge >= 0.3 is 0 Å². The number of aryl methyl sites for hydroxylation is 1. The third-order valence-electron chi connectivity index (χ3n) is 6.51. The summed E-state index contributed by atoms with van der Waals surface area (Å²) in [5.74, 6) is 1.50. The van der Waals surface area contributed by atoms with Crippen molar-refractivity contribution in [2.45, 2.75) is 63.6 Å². The molecule has 0 aliphatic rings. The fourth-order valence-corrected chi connectivity index (χ4v) is 5.31. The minimum absolute atomic E-state index is 0.130. The molecule has 9 nitrogen and oxygen atoms in total.